The molecule has 0 fully saturated rings. The summed E-state index contributed by atoms with van der Waals surface area (Å²) >= 11 is 0. The lowest BCUT2D eigenvalue weighted by molar-refractivity contribution is -0.119. The number of rotatable bonds is 5. The molecular formula is C23H24N2O3. The summed E-state index contributed by atoms with van der Waals surface area (Å²) in [6, 6.07) is 13.2. The zero-order valence-electron chi connectivity index (χ0n) is 16.0. The van der Waals surface area contributed by atoms with Crippen LogP contribution >= 0.6 is 0 Å². The second kappa shape index (κ2) is 7.89. The molecule has 1 amide bonds. The van der Waals surface area contributed by atoms with Gasteiger partial charge in [-0.1, -0.05) is 19.1 Å². The molecule has 5 heteroatoms. The van der Waals surface area contributed by atoms with E-state index in [0.717, 1.165) is 30.2 Å². The van der Waals surface area contributed by atoms with E-state index in [1.807, 2.05) is 36.4 Å². The van der Waals surface area contributed by atoms with Gasteiger partial charge in [0.25, 0.3) is 5.91 Å². The number of amides is 1. The van der Waals surface area contributed by atoms with Crippen molar-refractivity contribution in [1.82, 2.24) is 4.98 Å². The monoisotopic (exact) mass is 376 g/mol. The zero-order chi connectivity index (χ0) is 19.5. The van der Waals surface area contributed by atoms with Crippen LogP contribution in [0.5, 0.6) is 0 Å². The highest BCUT2D eigenvalue weighted by Crippen LogP contribution is 2.29. The standard InChI is InChI=1S/C23H24N2O3/c1-2-15-7-10-17(11-8-15)24-22(26)14-28-23(27)16-9-12-21-19(13-16)18-5-3-4-6-20(18)25-21/h7-13,25H,2-6,14H2,1H3,(H,24,26). The highest BCUT2D eigenvalue weighted by molar-refractivity contribution is 5.98. The lowest BCUT2D eigenvalue weighted by Gasteiger charge is -2.10. The molecule has 2 N–H and O–H groups in total. The van der Waals surface area contributed by atoms with Crippen LogP contribution in [0.1, 0.15) is 46.9 Å². The van der Waals surface area contributed by atoms with Gasteiger partial charge < -0.3 is 15.0 Å². The number of aromatic nitrogens is 1. The van der Waals surface area contributed by atoms with Gasteiger partial charge in [-0.3, -0.25) is 4.79 Å². The number of fused-ring (bicyclic) bond motifs is 3. The Hall–Kier alpha value is -3.08. The lowest BCUT2D eigenvalue weighted by Crippen LogP contribution is -2.20. The van der Waals surface area contributed by atoms with Crippen molar-refractivity contribution < 1.29 is 14.3 Å². The van der Waals surface area contributed by atoms with E-state index in [9.17, 15) is 9.59 Å². The maximum absolute atomic E-state index is 12.4. The molecule has 1 heterocycles. The summed E-state index contributed by atoms with van der Waals surface area (Å²) in [4.78, 5) is 27.9. The maximum atomic E-state index is 12.4. The smallest absolute Gasteiger partial charge is 0.338 e. The first-order valence-corrected chi connectivity index (χ1v) is 9.83. The fourth-order valence-electron chi connectivity index (χ4n) is 3.77. The first-order chi connectivity index (χ1) is 13.6. The predicted octanol–water partition coefficient (Wildman–Crippen LogP) is 4.40. The number of ether oxygens (including phenoxy) is 1. The largest absolute Gasteiger partial charge is 0.452 e. The van der Waals surface area contributed by atoms with Crippen molar-refractivity contribution in [3.05, 3.63) is 64.8 Å². The molecule has 0 saturated heterocycles. The summed E-state index contributed by atoms with van der Waals surface area (Å²) in [5.41, 5.74) is 6.01. The van der Waals surface area contributed by atoms with Gasteiger partial charge in [-0.25, -0.2) is 4.79 Å². The van der Waals surface area contributed by atoms with Crippen molar-refractivity contribution in [1.29, 1.82) is 0 Å². The number of H-pyrrole nitrogens is 1. The molecule has 1 aliphatic rings. The second-order valence-corrected chi connectivity index (χ2v) is 7.22. The summed E-state index contributed by atoms with van der Waals surface area (Å²) in [5.74, 6) is -0.832. The van der Waals surface area contributed by atoms with Gasteiger partial charge in [0.05, 0.1) is 5.56 Å². The fourth-order valence-corrected chi connectivity index (χ4v) is 3.77. The third kappa shape index (κ3) is 3.79. The van der Waals surface area contributed by atoms with Crippen molar-refractivity contribution in [2.24, 2.45) is 0 Å². The van der Waals surface area contributed by atoms with Crippen LogP contribution in [-0.4, -0.2) is 23.5 Å². The number of hydrogen-bond acceptors (Lipinski definition) is 3. The fraction of sp³-hybridized carbons (Fsp3) is 0.304. The number of hydrogen-bond donors (Lipinski definition) is 2. The number of benzene rings is 2. The Kier molecular flexibility index (Phi) is 5.15. The van der Waals surface area contributed by atoms with Crippen LogP contribution in [0.2, 0.25) is 0 Å². The number of aryl methyl sites for hydroxylation is 3. The first kappa shape index (κ1) is 18.3. The van der Waals surface area contributed by atoms with Gasteiger partial charge in [0.1, 0.15) is 0 Å². The number of aromatic amines is 1. The number of nitrogens with one attached hydrogen (secondary N) is 2. The summed E-state index contributed by atoms with van der Waals surface area (Å²) in [5, 5.41) is 3.83. The van der Waals surface area contributed by atoms with Gasteiger partial charge >= 0.3 is 5.97 Å². The minimum atomic E-state index is -0.482. The second-order valence-electron chi connectivity index (χ2n) is 7.22. The van der Waals surface area contributed by atoms with Crippen LogP contribution in [0, 0.1) is 0 Å². The molecule has 0 radical (unpaired) electrons. The minimum absolute atomic E-state index is 0.308. The van der Waals surface area contributed by atoms with E-state index in [-0.39, 0.29) is 12.5 Å². The van der Waals surface area contributed by atoms with Gasteiger partial charge in [-0.15, -0.1) is 0 Å². The molecule has 0 saturated carbocycles. The number of carbonyl (C=O) groups is 2. The van der Waals surface area contributed by atoms with E-state index in [0.29, 0.717) is 11.3 Å². The summed E-state index contributed by atoms with van der Waals surface area (Å²) < 4.78 is 5.22. The van der Waals surface area contributed by atoms with Crippen LogP contribution < -0.4 is 5.32 Å². The summed E-state index contributed by atoms with van der Waals surface area (Å²) in [6.07, 6.45) is 5.41. The van der Waals surface area contributed by atoms with Gasteiger partial charge in [0.2, 0.25) is 0 Å². The Morgan fingerprint density at radius 3 is 2.64 bits per heavy atom. The van der Waals surface area contributed by atoms with Crippen LogP contribution in [0.25, 0.3) is 10.9 Å². The molecule has 3 aromatic rings. The normalized spacial score (nSPS) is 13.2. The quantitative estimate of drug-likeness (QED) is 0.648. The van der Waals surface area contributed by atoms with Crippen LogP contribution in [0.4, 0.5) is 5.69 Å². The third-order valence-electron chi connectivity index (χ3n) is 5.31. The van der Waals surface area contributed by atoms with Gasteiger partial charge in [0, 0.05) is 22.3 Å². The lowest BCUT2D eigenvalue weighted by atomic mass is 9.95. The average molecular weight is 376 g/mol. The molecule has 0 aliphatic heterocycles. The Labute approximate surface area is 164 Å². The van der Waals surface area contributed by atoms with Crippen LogP contribution in [-0.2, 0) is 28.8 Å². The van der Waals surface area contributed by atoms with Crippen molar-refractivity contribution >= 4 is 28.5 Å². The van der Waals surface area contributed by atoms with Gasteiger partial charge in [0.15, 0.2) is 6.61 Å². The predicted molar refractivity (Wildman–Crippen MR) is 110 cm³/mol. The molecule has 5 nitrogen and oxygen atoms in total. The molecule has 4 rings (SSSR count). The van der Waals surface area contributed by atoms with Crippen molar-refractivity contribution in [2.75, 3.05) is 11.9 Å². The zero-order valence-corrected chi connectivity index (χ0v) is 16.0. The van der Waals surface area contributed by atoms with E-state index in [1.165, 1.54) is 29.7 Å². The van der Waals surface area contributed by atoms with Crippen LogP contribution in [0.15, 0.2) is 42.5 Å². The number of esters is 1. The highest BCUT2D eigenvalue weighted by Gasteiger charge is 2.17. The van der Waals surface area contributed by atoms with E-state index in [2.05, 4.69) is 17.2 Å². The average Bonchev–Trinajstić information content (AvgIpc) is 3.10. The first-order valence-electron chi connectivity index (χ1n) is 9.83. The molecule has 28 heavy (non-hydrogen) atoms. The third-order valence-corrected chi connectivity index (χ3v) is 5.31. The minimum Gasteiger partial charge on any atom is -0.452 e. The maximum Gasteiger partial charge on any atom is 0.338 e. The molecule has 144 valence electrons. The van der Waals surface area contributed by atoms with Crippen molar-refractivity contribution in [3.63, 3.8) is 0 Å². The summed E-state index contributed by atoms with van der Waals surface area (Å²) in [7, 11) is 0. The molecule has 0 bridgehead atoms. The molecule has 0 atom stereocenters. The number of carbonyl (C=O) groups excluding carboxylic acids is 2. The molecule has 1 aromatic heterocycles. The topological polar surface area (TPSA) is 71.2 Å². The van der Waals surface area contributed by atoms with E-state index in [1.54, 1.807) is 6.07 Å². The Bertz CT molecular complexity index is 1020. The SMILES string of the molecule is CCc1ccc(NC(=O)COC(=O)c2ccc3[nH]c4c(c3c2)CCCC4)cc1. The van der Waals surface area contributed by atoms with E-state index < -0.39 is 5.97 Å². The molecule has 1 aliphatic carbocycles. The summed E-state index contributed by atoms with van der Waals surface area (Å²) in [6.45, 7) is 1.77. The highest BCUT2D eigenvalue weighted by atomic mass is 16.5. The molecule has 0 unspecified atom stereocenters. The Balaban J connectivity index is 1.39. The van der Waals surface area contributed by atoms with Gasteiger partial charge in [-0.2, -0.15) is 0 Å². The van der Waals surface area contributed by atoms with E-state index >= 15 is 0 Å². The molecule has 0 spiro atoms. The van der Waals surface area contributed by atoms with E-state index in [4.69, 9.17) is 4.74 Å². The molecular weight excluding hydrogens is 352 g/mol. The van der Waals surface area contributed by atoms with Crippen molar-refractivity contribution in [2.45, 2.75) is 39.0 Å². The van der Waals surface area contributed by atoms with Gasteiger partial charge in [-0.05, 0) is 73.6 Å². The Morgan fingerprint density at radius 1 is 1.07 bits per heavy atom. The number of anilines is 1. The van der Waals surface area contributed by atoms with Crippen molar-refractivity contribution in [3.8, 4) is 0 Å². The Morgan fingerprint density at radius 2 is 1.86 bits per heavy atom. The van der Waals surface area contributed by atoms with Crippen LogP contribution in [0.3, 0.4) is 0 Å². The molecule has 2 aromatic carbocycles.